The summed E-state index contributed by atoms with van der Waals surface area (Å²) in [5, 5.41) is 7.07. The molecule has 1 unspecified atom stereocenters. The van der Waals surface area contributed by atoms with Crippen LogP contribution in [0.1, 0.15) is 24.9 Å². The highest BCUT2D eigenvalue weighted by atomic mass is 35.5. The molecule has 0 aromatic heterocycles. The largest absolute Gasteiger partial charge is 0.355 e. The number of carbonyl (C=O) groups excluding carboxylic acids is 1. The first-order valence-electron chi connectivity index (χ1n) is 7.18. The molecule has 0 bridgehead atoms. The summed E-state index contributed by atoms with van der Waals surface area (Å²) >= 11 is 6.29. The third-order valence-electron chi connectivity index (χ3n) is 3.54. The molecular formula is C15H23Cl2N3O. The van der Waals surface area contributed by atoms with Crippen LogP contribution in [0.5, 0.6) is 0 Å². The molecule has 1 aromatic carbocycles. The summed E-state index contributed by atoms with van der Waals surface area (Å²) in [5.74, 6) is 0.0887. The van der Waals surface area contributed by atoms with E-state index in [1.54, 1.807) is 0 Å². The molecule has 21 heavy (non-hydrogen) atoms. The molecule has 1 aliphatic rings. The van der Waals surface area contributed by atoms with Crippen LogP contribution in [0, 0.1) is 0 Å². The summed E-state index contributed by atoms with van der Waals surface area (Å²) in [6.07, 6.45) is 0.960. The molecule has 0 spiro atoms. The maximum absolute atomic E-state index is 11.9. The summed E-state index contributed by atoms with van der Waals surface area (Å²) in [7, 11) is 0. The summed E-state index contributed by atoms with van der Waals surface area (Å²) in [6.45, 7) is 5.80. The van der Waals surface area contributed by atoms with Crippen LogP contribution in [0.4, 0.5) is 0 Å². The topological polar surface area (TPSA) is 44.4 Å². The second-order valence-corrected chi connectivity index (χ2v) is 5.47. The molecule has 1 aliphatic heterocycles. The first-order valence-corrected chi connectivity index (χ1v) is 7.56. The van der Waals surface area contributed by atoms with E-state index < -0.39 is 0 Å². The molecular weight excluding hydrogens is 309 g/mol. The van der Waals surface area contributed by atoms with Crippen LogP contribution in [-0.4, -0.2) is 43.5 Å². The van der Waals surface area contributed by atoms with Crippen molar-refractivity contribution in [1.82, 2.24) is 15.5 Å². The highest BCUT2D eigenvalue weighted by Gasteiger charge is 2.26. The SMILES string of the molecule is CCCNC(=O)CN1CCNCC1c1ccccc1Cl.Cl. The Hall–Kier alpha value is -0.810. The number of hydrogen-bond donors (Lipinski definition) is 2. The normalized spacial score (nSPS) is 18.9. The minimum absolute atomic E-state index is 0. The summed E-state index contributed by atoms with van der Waals surface area (Å²) in [4.78, 5) is 14.1. The Kier molecular flexibility index (Phi) is 8.04. The van der Waals surface area contributed by atoms with Crippen molar-refractivity contribution in [3.05, 3.63) is 34.9 Å². The predicted molar refractivity (Wildman–Crippen MR) is 89.2 cm³/mol. The van der Waals surface area contributed by atoms with Crippen molar-refractivity contribution in [2.24, 2.45) is 0 Å². The lowest BCUT2D eigenvalue weighted by molar-refractivity contribution is -0.123. The quantitative estimate of drug-likeness (QED) is 0.869. The number of piperazine rings is 1. The molecule has 1 aromatic rings. The van der Waals surface area contributed by atoms with Crippen molar-refractivity contribution < 1.29 is 4.79 Å². The van der Waals surface area contributed by atoms with Crippen molar-refractivity contribution in [2.75, 3.05) is 32.7 Å². The van der Waals surface area contributed by atoms with Crippen LogP contribution in [0.2, 0.25) is 5.02 Å². The first-order chi connectivity index (χ1) is 9.72. The zero-order chi connectivity index (χ0) is 14.4. The van der Waals surface area contributed by atoms with Gasteiger partial charge in [0.1, 0.15) is 0 Å². The fourth-order valence-corrected chi connectivity index (χ4v) is 2.75. The van der Waals surface area contributed by atoms with Gasteiger partial charge in [0.2, 0.25) is 5.91 Å². The Bertz CT molecular complexity index is 456. The van der Waals surface area contributed by atoms with Gasteiger partial charge in [0, 0.05) is 37.2 Å². The van der Waals surface area contributed by atoms with E-state index in [9.17, 15) is 4.79 Å². The van der Waals surface area contributed by atoms with E-state index >= 15 is 0 Å². The van der Waals surface area contributed by atoms with Gasteiger partial charge in [-0.2, -0.15) is 0 Å². The van der Waals surface area contributed by atoms with Crippen LogP contribution in [0.3, 0.4) is 0 Å². The molecule has 6 heteroatoms. The zero-order valence-electron chi connectivity index (χ0n) is 12.3. The van der Waals surface area contributed by atoms with Gasteiger partial charge in [-0.15, -0.1) is 12.4 Å². The van der Waals surface area contributed by atoms with E-state index in [2.05, 4.69) is 22.5 Å². The van der Waals surface area contributed by atoms with Gasteiger partial charge in [0.25, 0.3) is 0 Å². The summed E-state index contributed by atoms with van der Waals surface area (Å²) in [5.41, 5.74) is 1.09. The number of nitrogens with zero attached hydrogens (tertiary/aromatic N) is 1. The molecule has 118 valence electrons. The zero-order valence-corrected chi connectivity index (χ0v) is 13.8. The lowest BCUT2D eigenvalue weighted by Crippen LogP contribution is -2.49. The number of rotatable bonds is 5. The third-order valence-corrected chi connectivity index (χ3v) is 3.88. The number of amides is 1. The van der Waals surface area contributed by atoms with Crippen molar-refractivity contribution >= 4 is 29.9 Å². The Labute approximate surface area is 137 Å². The van der Waals surface area contributed by atoms with Crippen molar-refractivity contribution in [1.29, 1.82) is 0 Å². The predicted octanol–water partition coefficient (Wildman–Crippen LogP) is 2.23. The molecule has 1 saturated heterocycles. The number of halogens is 2. The van der Waals surface area contributed by atoms with Crippen molar-refractivity contribution in [3.8, 4) is 0 Å². The molecule has 4 nitrogen and oxygen atoms in total. The maximum Gasteiger partial charge on any atom is 0.234 e. The Morgan fingerprint density at radius 3 is 2.95 bits per heavy atom. The van der Waals surface area contributed by atoms with Gasteiger partial charge in [-0.05, 0) is 18.1 Å². The Balaban J connectivity index is 0.00000220. The molecule has 1 heterocycles. The standard InChI is InChI=1S/C15H22ClN3O.ClH/c1-2-7-18-15(20)11-19-9-8-17-10-14(19)12-5-3-4-6-13(12)16;/h3-6,14,17H,2,7-11H2,1H3,(H,18,20);1H. The van der Waals surface area contributed by atoms with Gasteiger partial charge in [-0.3, -0.25) is 9.69 Å². The molecule has 0 aliphatic carbocycles. The van der Waals surface area contributed by atoms with Crippen molar-refractivity contribution in [3.63, 3.8) is 0 Å². The molecule has 0 saturated carbocycles. The van der Waals surface area contributed by atoms with E-state index in [1.807, 2.05) is 24.3 Å². The van der Waals surface area contributed by atoms with Crippen LogP contribution >= 0.6 is 24.0 Å². The van der Waals surface area contributed by atoms with E-state index in [4.69, 9.17) is 11.6 Å². The van der Waals surface area contributed by atoms with Gasteiger partial charge in [-0.25, -0.2) is 0 Å². The molecule has 1 amide bonds. The highest BCUT2D eigenvalue weighted by molar-refractivity contribution is 6.31. The molecule has 1 fully saturated rings. The third kappa shape index (κ3) is 5.15. The molecule has 1 atom stereocenters. The fourth-order valence-electron chi connectivity index (χ4n) is 2.49. The maximum atomic E-state index is 11.9. The number of carbonyl (C=O) groups is 1. The lowest BCUT2D eigenvalue weighted by atomic mass is 10.0. The molecule has 2 rings (SSSR count). The Morgan fingerprint density at radius 1 is 1.48 bits per heavy atom. The molecule has 0 radical (unpaired) electrons. The van der Waals surface area contributed by atoms with Gasteiger partial charge >= 0.3 is 0 Å². The van der Waals surface area contributed by atoms with Crippen LogP contribution in [0.15, 0.2) is 24.3 Å². The minimum Gasteiger partial charge on any atom is -0.355 e. The average molecular weight is 332 g/mol. The second kappa shape index (κ2) is 9.26. The van der Waals surface area contributed by atoms with Crippen LogP contribution < -0.4 is 10.6 Å². The van der Waals surface area contributed by atoms with Crippen LogP contribution in [0.25, 0.3) is 0 Å². The first kappa shape index (κ1) is 18.2. The van der Waals surface area contributed by atoms with Gasteiger partial charge in [0.15, 0.2) is 0 Å². The second-order valence-electron chi connectivity index (χ2n) is 5.06. The van der Waals surface area contributed by atoms with E-state index in [1.165, 1.54) is 0 Å². The number of hydrogen-bond acceptors (Lipinski definition) is 3. The monoisotopic (exact) mass is 331 g/mol. The number of nitrogens with one attached hydrogen (secondary N) is 2. The van der Waals surface area contributed by atoms with E-state index in [-0.39, 0.29) is 24.4 Å². The van der Waals surface area contributed by atoms with E-state index in [0.29, 0.717) is 6.54 Å². The van der Waals surface area contributed by atoms with Crippen molar-refractivity contribution in [2.45, 2.75) is 19.4 Å². The van der Waals surface area contributed by atoms with Crippen LogP contribution in [-0.2, 0) is 4.79 Å². The van der Waals surface area contributed by atoms with Gasteiger partial charge in [0.05, 0.1) is 6.54 Å². The fraction of sp³-hybridized carbons (Fsp3) is 0.533. The van der Waals surface area contributed by atoms with E-state index in [0.717, 1.165) is 43.2 Å². The average Bonchev–Trinajstić information content (AvgIpc) is 2.46. The van der Waals surface area contributed by atoms with Gasteiger partial charge in [-0.1, -0.05) is 36.7 Å². The summed E-state index contributed by atoms with van der Waals surface area (Å²) in [6, 6.07) is 8.02. The number of benzene rings is 1. The van der Waals surface area contributed by atoms with Gasteiger partial charge < -0.3 is 10.6 Å². The molecule has 2 N–H and O–H groups in total. The minimum atomic E-state index is 0. The highest BCUT2D eigenvalue weighted by Crippen LogP contribution is 2.28. The summed E-state index contributed by atoms with van der Waals surface area (Å²) < 4.78 is 0. The lowest BCUT2D eigenvalue weighted by Gasteiger charge is -2.36. The Morgan fingerprint density at radius 2 is 2.24 bits per heavy atom. The smallest absolute Gasteiger partial charge is 0.234 e.